The highest BCUT2D eigenvalue weighted by Gasteiger charge is 2.43. The molecular weight excluding hydrogens is 342 g/mol. The first-order valence-corrected chi connectivity index (χ1v) is 9.83. The zero-order valence-corrected chi connectivity index (χ0v) is 16.6. The maximum Gasteiger partial charge on any atom is 0.141 e. The third-order valence-corrected chi connectivity index (χ3v) is 6.18. The quantitative estimate of drug-likeness (QED) is 0.891. The number of rotatable bonds is 4. The van der Waals surface area contributed by atoms with Crippen molar-refractivity contribution in [1.29, 1.82) is 0 Å². The van der Waals surface area contributed by atoms with Gasteiger partial charge in [0.05, 0.1) is 17.5 Å². The first kappa shape index (κ1) is 18.4. The minimum atomic E-state index is -0.425. The molecule has 2 fully saturated rings. The van der Waals surface area contributed by atoms with Gasteiger partial charge in [0.15, 0.2) is 0 Å². The zero-order chi connectivity index (χ0) is 19.1. The smallest absolute Gasteiger partial charge is 0.141 e. The second-order valence-electron chi connectivity index (χ2n) is 8.25. The number of ether oxygens (including phenoxy) is 1. The molecule has 2 aliphatic rings. The van der Waals surface area contributed by atoms with Crippen molar-refractivity contribution in [2.24, 2.45) is 11.8 Å². The molecule has 1 aliphatic heterocycles. The van der Waals surface area contributed by atoms with Crippen LogP contribution in [-0.4, -0.2) is 45.4 Å². The Morgan fingerprint density at radius 3 is 2.52 bits per heavy atom. The van der Waals surface area contributed by atoms with Gasteiger partial charge in [0.25, 0.3) is 0 Å². The fourth-order valence-corrected chi connectivity index (χ4v) is 4.66. The lowest BCUT2D eigenvalue weighted by Gasteiger charge is -2.35. The molecule has 0 amide bonds. The molecule has 0 bridgehead atoms. The molecule has 2 aromatic heterocycles. The fraction of sp³-hybridized carbons (Fsp3) is 0.619. The normalized spacial score (nSPS) is 28.3. The Hall–Kier alpha value is -1.92. The van der Waals surface area contributed by atoms with E-state index < -0.39 is 6.10 Å². The fourth-order valence-electron chi connectivity index (χ4n) is 4.66. The molecule has 0 aromatic carbocycles. The average Bonchev–Trinajstić information content (AvgIpc) is 3.14. The molecule has 0 radical (unpaired) electrons. The lowest BCUT2D eigenvalue weighted by molar-refractivity contribution is -0.0236. The summed E-state index contributed by atoms with van der Waals surface area (Å²) in [6.45, 7) is 10.8. The van der Waals surface area contributed by atoms with Gasteiger partial charge < -0.3 is 14.4 Å². The van der Waals surface area contributed by atoms with Crippen molar-refractivity contribution in [3.05, 3.63) is 40.5 Å². The van der Waals surface area contributed by atoms with Gasteiger partial charge in [-0.15, -0.1) is 0 Å². The molecule has 1 aliphatic carbocycles. The molecular formula is C21H29N3O3. The van der Waals surface area contributed by atoms with Crippen molar-refractivity contribution in [2.75, 3.05) is 13.1 Å². The Morgan fingerprint density at radius 1 is 1.11 bits per heavy atom. The molecule has 1 N–H and O–H groups in total. The standard InChI is InChI=1S/C21H29N3O3/c1-12-5-6-20(14(3)22-12)26-21-8-17-10-24(9-16(17)7-19(21)25)11-18-13(2)23-27-15(18)4/h5-6,16-17,19,21,25H,7-11H2,1-4H3/t16-,17+,19+,21+/m0/s1. The van der Waals surface area contributed by atoms with Crippen molar-refractivity contribution in [2.45, 2.75) is 59.3 Å². The van der Waals surface area contributed by atoms with Gasteiger partial charge in [-0.3, -0.25) is 9.88 Å². The van der Waals surface area contributed by atoms with Gasteiger partial charge in [0.1, 0.15) is 17.6 Å². The second-order valence-corrected chi connectivity index (χ2v) is 8.25. The maximum absolute atomic E-state index is 10.7. The van der Waals surface area contributed by atoms with E-state index in [1.54, 1.807) is 0 Å². The number of fused-ring (bicyclic) bond motifs is 1. The molecule has 1 saturated heterocycles. The van der Waals surface area contributed by atoms with Crippen molar-refractivity contribution >= 4 is 0 Å². The Labute approximate surface area is 160 Å². The van der Waals surface area contributed by atoms with E-state index in [4.69, 9.17) is 9.26 Å². The zero-order valence-electron chi connectivity index (χ0n) is 16.6. The minimum Gasteiger partial charge on any atom is -0.486 e. The summed E-state index contributed by atoms with van der Waals surface area (Å²) in [4.78, 5) is 6.94. The van der Waals surface area contributed by atoms with Crippen LogP contribution >= 0.6 is 0 Å². The van der Waals surface area contributed by atoms with E-state index in [2.05, 4.69) is 15.0 Å². The van der Waals surface area contributed by atoms with Crippen LogP contribution in [0, 0.1) is 39.5 Å². The molecule has 146 valence electrons. The number of hydrogen-bond acceptors (Lipinski definition) is 6. The van der Waals surface area contributed by atoms with E-state index in [-0.39, 0.29) is 6.10 Å². The van der Waals surface area contributed by atoms with Gasteiger partial charge in [-0.25, -0.2) is 0 Å². The summed E-state index contributed by atoms with van der Waals surface area (Å²) in [5, 5.41) is 14.7. The van der Waals surface area contributed by atoms with Crippen LogP contribution in [0.5, 0.6) is 5.75 Å². The van der Waals surface area contributed by atoms with Gasteiger partial charge in [0.2, 0.25) is 0 Å². The molecule has 0 spiro atoms. The van der Waals surface area contributed by atoms with Gasteiger partial charge >= 0.3 is 0 Å². The first-order chi connectivity index (χ1) is 12.9. The number of pyridine rings is 1. The summed E-state index contributed by atoms with van der Waals surface area (Å²) >= 11 is 0. The summed E-state index contributed by atoms with van der Waals surface area (Å²) < 4.78 is 11.5. The van der Waals surface area contributed by atoms with Crippen LogP contribution in [0.15, 0.2) is 16.7 Å². The summed E-state index contributed by atoms with van der Waals surface area (Å²) in [5.74, 6) is 2.77. The van der Waals surface area contributed by atoms with Crippen LogP contribution in [-0.2, 0) is 6.54 Å². The molecule has 1 saturated carbocycles. The van der Waals surface area contributed by atoms with E-state index in [0.29, 0.717) is 11.8 Å². The highest BCUT2D eigenvalue weighted by Crippen LogP contribution is 2.39. The molecule has 6 heteroatoms. The van der Waals surface area contributed by atoms with Gasteiger partial charge in [-0.1, -0.05) is 5.16 Å². The molecule has 6 nitrogen and oxygen atoms in total. The van der Waals surface area contributed by atoms with Gasteiger partial charge in [-0.05, 0) is 64.5 Å². The Kier molecular flexibility index (Phi) is 4.95. The molecule has 0 unspecified atom stereocenters. The molecule has 2 aromatic rings. The van der Waals surface area contributed by atoms with E-state index in [1.807, 2.05) is 39.8 Å². The van der Waals surface area contributed by atoms with E-state index in [1.165, 1.54) is 5.56 Å². The minimum absolute atomic E-state index is 0.159. The molecule has 27 heavy (non-hydrogen) atoms. The maximum atomic E-state index is 10.7. The second kappa shape index (κ2) is 7.24. The summed E-state index contributed by atoms with van der Waals surface area (Å²) in [6, 6.07) is 3.93. The van der Waals surface area contributed by atoms with E-state index >= 15 is 0 Å². The van der Waals surface area contributed by atoms with Crippen molar-refractivity contribution in [1.82, 2.24) is 15.0 Å². The summed E-state index contributed by atoms with van der Waals surface area (Å²) in [5.41, 5.74) is 4.04. The van der Waals surface area contributed by atoms with Crippen LogP contribution in [0.2, 0.25) is 0 Å². The van der Waals surface area contributed by atoms with Gasteiger partial charge in [-0.2, -0.15) is 0 Å². The van der Waals surface area contributed by atoms with Crippen LogP contribution < -0.4 is 4.74 Å². The Balaban J connectivity index is 1.41. The van der Waals surface area contributed by atoms with Crippen LogP contribution in [0.1, 0.15) is 41.2 Å². The monoisotopic (exact) mass is 371 g/mol. The summed E-state index contributed by atoms with van der Waals surface area (Å²) in [6.07, 6.45) is 1.10. The molecule has 4 rings (SSSR count). The molecule has 4 atom stereocenters. The van der Waals surface area contributed by atoms with E-state index in [0.717, 1.165) is 61.1 Å². The predicted octanol–water partition coefficient (Wildman–Crippen LogP) is 2.95. The van der Waals surface area contributed by atoms with Crippen LogP contribution in [0.25, 0.3) is 0 Å². The van der Waals surface area contributed by atoms with Crippen molar-refractivity contribution in [3.63, 3.8) is 0 Å². The predicted molar refractivity (Wildman–Crippen MR) is 102 cm³/mol. The topological polar surface area (TPSA) is 71.6 Å². The average molecular weight is 371 g/mol. The summed E-state index contributed by atoms with van der Waals surface area (Å²) in [7, 11) is 0. The highest BCUT2D eigenvalue weighted by molar-refractivity contribution is 5.28. The Morgan fingerprint density at radius 2 is 1.85 bits per heavy atom. The van der Waals surface area contributed by atoms with Crippen molar-refractivity contribution in [3.8, 4) is 5.75 Å². The number of aromatic nitrogens is 2. The van der Waals surface area contributed by atoms with Crippen LogP contribution in [0.3, 0.4) is 0 Å². The van der Waals surface area contributed by atoms with Gasteiger partial charge in [0, 0.05) is 30.9 Å². The highest BCUT2D eigenvalue weighted by atomic mass is 16.5. The lowest BCUT2D eigenvalue weighted by atomic mass is 9.78. The third kappa shape index (κ3) is 3.73. The first-order valence-electron chi connectivity index (χ1n) is 9.83. The SMILES string of the molecule is Cc1ccc(O[C@@H]2C[C@@H]3CN(Cc4c(C)noc4C)C[C@@H]3C[C@H]2O)c(C)n1. The number of hydrogen-bond donors (Lipinski definition) is 1. The number of aliphatic hydroxyl groups excluding tert-OH is 1. The van der Waals surface area contributed by atoms with E-state index in [9.17, 15) is 5.11 Å². The largest absolute Gasteiger partial charge is 0.486 e. The number of aryl methyl sites for hydroxylation is 4. The number of nitrogens with zero attached hydrogens (tertiary/aromatic N) is 3. The number of aliphatic hydroxyl groups is 1. The third-order valence-electron chi connectivity index (χ3n) is 6.18. The van der Waals surface area contributed by atoms with Crippen LogP contribution in [0.4, 0.5) is 0 Å². The molecule has 3 heterocycles. The number of likely N-dealkylation sites (tertiary alicyclic amines) is 1. The van der Waals surface area contributed by atoms with Crippen molar-refractivity contribution < 1.29 is 14.4 Å². The lowest BCUT2D eigenvalue weighted by Crippen LogP contribution is -2.42. The Bertz CT molecular complexity index is 799.